The van der Waals surface area contributed by atoms with Gasteiger partial charge in [-0.15, -0.1) is 0 Å². The molecule has 0 amide bonds. The van der Waals surface area contributed by atoms with Crippen LogP contribution >= 0.6 is 0 Å². The topological polar surface area (TPSA) is 89.3 Å². The van der Waals surface area contributed by atoms with E-state index in [1.54, 1.807) is 12.1 Å². The van der Waals surface area contributed by atoms with Gasteiger partial charge in [-0.3, -0.25) is 4.18 Å². The van der Waals surface area contributed by atoms with E-state index in [0.717, 1.165) is 11.6 Å². The molecule has 0 saturated carbocycles. The lowest BCUT2D eigenvalue weighted by Crippen LogP contribution is -2.08. The van der Waals surface area contributed by atoms with Crippen molar-refractivity contribution < 1.29 is 21.7 Å². The average molecular weight is 378 g/mol. The van der Waals surface area contributed by atoms with Crippen molar-refractivity contribution in [1.29, 1.82) is 5.26 Å². The number of ether oxygens (including phenoxy) is 1. The summed E-state index contributed by atoms with van der Waals surface area (Å²) in [6.45, 7) is 2.15. The van der Waals surface area contributed by atoms with Gasteiger partial charge in [0.1, 0.15) is 11.8 Å². The van der Waals surface area contributed by atoms with Crippen LogP contribution in [-0.4, -0.2) is 26.6 Å². The Kier molecular flexibility index (Phi) is 7.06. The molecule has 1 heterocycles. The first kappa shape index (κ1) is 19.8. The first-order valence-corrected chi connectivity index (χ1v) is 9.49. The zero-order valence-electron chi connectivity index (χ0n) is 14.3. The first-order chi connectivity index (χ1) is 12.4. The van der Waals surface area contributed by atoms with Gasteiger partial charge in [0.2, 0.25) is 0 Å². The number of hydrogen-bond acceptors (Lipinski definition) is 6. The third kappa shape index (κ3) is 5.79. The smallest absolute Gasteiger partial charge is 0.296 e. The second kappa shape index (κ2) is 9.27. The standard InChI is InChI=1S/C18H19FN2O4S/c1-14-5-8-16(9-6-14)26(22,23)25-12-4-2-3-11-24-18-17(19)10-7-15(13-20)21-18/h5-10H,2-4,11-12H2,1H3. The van der Waals surface area contributed by atoms with Gasteiger partial charge in [-0.2, -0.15) is 13.7 Å². The lowest BCUT2D eigenvalue weighted by molar-refractivity contribution is 0.266. The Morgan fingerprint density at radius 1 is 1.08 bits per heavy atom. The Bertz CT molecular complexity index is 877. The van der Waals surface area contributed by atoms with Crippen molar-refractivity contribution in [2.45, 2.75) is 31.1 Å². The Morgan fingerprint density at radius 3 is 2.46 bits per heavy atom. The number of aryl methyl sites for hydroxylation is 1. The van der Waals surface area contributed by atoms with E-state index in [0.29, 0.717) is 19.3 Å². The molecule has 0 N–H and O–H groups in total. The van der Waals surface area contributed by atoms with Crippen molar-refractivity contribution in [3.8, 4) is 11.9 Å². The highest BCUT2D eigenvalue weighted by Crippen LogP contribution is 2.15. The number of benzene rings is 1. The predicted octanol–water partition coefficient (Wildman–Crippen LogP) is 3.36. The van der Waals surface area contributed by atoms with Crippen LogP contribution in [0, 0.1) is 24.1 Å². The van der Waals surface area contributed by atoms with E-state index in [2.05, 4.69) is 4.98 Å². The summed E-state index contributed by atoms with van der Waals surface area (Å²) >= 11 is 0. The number of aromatic nitrogens is 1. The van der Waals surface area contributed by atoms with Crippen molar-refractivity contribution in [3.63, 3.8) is 0 Å². The van der Waals surface area contributed by atoms with Crippen LogP contribution in [0.5, 0.6) is 5.88 Å². The molecule has 1 aromatic carbocycles. The molecule has 0 spiro atoms. The molecule has 0 aliphatic rings. The molecule has 2 aromatic rings. The van der Waals surface area contributed by atoms with Crippen molar-refractivity contribution in [1.82, 2.24) is 4.98 Å². The lowest BCUT2D eigenvalue weighted by Gasteiger charge is -2.07. The molecule has 2 rings (SSSR count). The number of nitrogens with zero attached hydrogens (tertiary/aromatic N) is 2. The lowest BCUT2D eigenvalue weighted by atomic mass is 10.2. The van der Waals surface area contributed by atoms with Gasteiger partial charge < -0.3 is 4.74 Å². The number of halogens is 1. The summed E-state index contributed by atoms with van der Waals surface area (Å²) in [5.41, 5.74) is 1.05. The normalized spacial score (nSPS) is 11.1. The summed E-state index contributed by atoms with van der Waals surface area (Å²) in [5.74, 6) is -0.834. The van der Waals surface area contributed by atoms with Crippen LogP contribution < -0.4 is 4.74 Å². The molecule has 26 heavy (non-hydrogen) atoms. The molecule has 0 aliphatic heterocycles. The quantitative estimate of drug-likeness (QED) is 0.491. The molecule has 0 radical (unpaired) electrons. The molecule has 138 valence electrons. The van der Waals surface area contributed by atoms with Crippen LogP contribution in [0.3, 0.4) is 0 Å². The minimum atomic E-state index is -3.75. The molecular weight excluding hydrogens is 359 g/mol. The second-order valence-corrected chi connectivity index (χ2v) is 7.21. The number of unbranched alkanes of at least 4 members (excludes halogenated alkanes) is 2. The summed E-state index contributed by atoms with van der Waals surface area (Å²) in [5, 5.41) is 8.73. The fourth-order valence-electron chi connectivity index (χ4n) is 2.08. The highest BCUT2D eigenvalue weighted by atomic mass is 32.2. The minimum Gasteiger partial charge on any atom is -0.476 e. The summed E-state index contributed by atoms with van der Waals surface area (Å²) in [6, 6.07) is 10.7. The molecule has 0 atom stereocenters. The summed E-state index contributed by atoms with van der Waals surface area (Å²) in [6.07, 6.45) is 1.73. The zero-order chi connectivity index (χ0) is 19.0. The van der Waals surface area contributed by atoms with Gasteiger partial charge in [0.15, 0.2) is 5.82 Å². The number of pyridine rings is 1. The Balaban J connectivity index is 1.68. The summed E-state index contributed by atoms with van der Waals surface area (Å²) in [7, 11) is -3.75. The largest absolute Gasteiger partial charge is 0.476 e. The number of rotatable bonds is 9. The van der Waals surface area contributed by atoms with Gasteiger partial charge in [-0.1, -0.05) is 17.7 Å². The third-order valence-corrected chi connectivity index (χ3v) is 4.83. The molecular formula is C18H19FN2O4S. The van der Waals surface area contributed by atoms with E-state index in [1.807, 2.05) is 13.0 Å². The fraction of sp³-hybridized carbons (Fsp3) is 0.333. The first-order valence-electron chi connectivity index (χ1n) is 8.08. The van der Waals surface area contributed by atoms with Crippen LogP contribution in [0.4, 0.5) is 4.39 Å². The SMILES string of the molecule is Cc1ccc(S(=O)(=O)OCCCCCOc2nc(C#N)ccc2F)cc1. The molecule has 0 unspecified atom stereocenters. The third-order valence-electron chi connectivity index (χ3n) is 3.50. The van der Waals surface area contributed by atoms with Gasteiger partial charge in [-0.05, 0) is 50.5 Å². The minimum absolute atomic E-state index is 0.0622. The fourth-order valence-corrected chi connectivity index (χ4v) is 3.02. The molecule has 8 heteroatoms. The second-order valence-electron chi connectivity index (χ2n) is 5.59. The maximum atomic E-state index is 13.5. The Labute approximate surface area is 152 Å². The van der Waals surface area contributed by atoms with Crippen LogP contribution in [0.1, 0.15) is 30.5 Å². The van der Waals surface area contributed by atoms with Crippen molar-refractivity contribution in [2.24, 2.45) is 0 Å². The summed E-state index contributed by atoms with van der Waals surface area (Å²) in [4.78, 5) is 3.86. The van der Waals surface area contributed by atoms with Crippen LogP contribution in [0.15, 0.2) is 41.3 Å². The molecule has 0 aliphatic carbocycles. The van der Waals surface area contributed by atoms with E-state index in [9.17, 15) is 12.8 Å². The maximum absolute atomic E-state index is 13.5. The molecule has 1 aromatic heterocycles. The van der Waals surface area contributed by atoms with Crippen LogP contribution in [0.25, 0.3) is 0 Å². The highest BCUT2D eigenvalue weighted by Gasteiger charge is 2.14. The number of hydrogen-bond donors (Lipinski definition) is 0. The van der Waals surface area contributed by atoms with E-state index < -0.39 is 15.9 Å². The van der Waals surface area contributed by atoms with Crippen molar-refractivity contribution in [3.05, 3.63) is 53.5 Å². The monoisotopic (exact) mass is 378 g/mol. The van der Waals surface area contributed by atoms with E-state index in [-0.39, 0.29) is 29.7 Å². The van der Waals surface area contributed by atoms with Gasteiger partial charge in [0.25, 0.3) is 16.0 Å². The Morgan fingerprint density at radius 2 is 1.77 bits per heavy atom. The van der Waals surface area contributed by atoms with Crippen LogP contribution in [-0.2, 0) is 14.3 Å². The molecule has 0 bridgehead atoms. The zero-order valence-corrected chi connectivity index (χ0v) is 15.1. The van der Waals surface area contributed by atoms with Gasteiger partial charge in [-0.25, -0.2) is 9.37 Å². The van der Waals surface area contributed by atoms with Crippen molar-refractivity contribution >= 4 is 10.1 Å². The molecule has 0 saturated heterocycles. The van der Waals surface area contributed by atoms with E-state index in [1.165, 1.54) is 18.2 Å². The molecule has 0 fully saturated rings. The van der Waals surface area contributed by atoms with Gasteiger partial charge >= 0.3 is 0 Å². The maximum Gasteiger partial charge on any atom is 0.296 e. The highest BCUT2D eigenvalue weighted by molar-refractivity contribution is 7.86. The average Bonchev–Trinajstić information content (AvgIpc) is 2.62. The van der Waals surface area contributed by atoms with Crippen LogP contribution in [0.2, 0.25) is 0 Å². The van der Waals surface area contributed by atoms with Crippen molar-refractivity contribution in [2.75, 3.05) is 13.2 Å². The van der Waals surface area contributed by atoms with E-state index >= 15 is 0 Å². The van der Waals surface area contributed by atoms with E-state index in [4.69, 9.17) is 14.2 Å². The molecule has 6 nitrogen and oxygen atoms in total. The number of nitriles is 1. The Hall–Kier alpha value is -2.50. The van der Waals surface area contributed by atoms with Gasteiger partial charge in [0.05, 0.1) is 18.1 Å². The predicted molar refractivity (Wildman–Crippen MR) is 92.6 cm³/mol. The summed E-state index contributed by atoms with van der Waals surface area (Å²) < 4.78 is 47.7. The van der Waals surface area contributed by atoms with Gasteiger partial charge in [0, 0.05) is 0 Å².